The lowest BCUT2D eigenvalue weighted by molar-refractivity contribution is 0.0697. The summed E-state index contributed by atoms with van der Waals surface area (Å²) < 4.78 is 25.4. The third-order valence-corrected chi connectivity index (χ3v) is 5.93. The van der Waals surface area contributed by atoms with E-state index in [0.717, 1.165) is 31.2 Å². The number of nitrogens with zero attached hydrogens (tertiary/aromatic N) is 1. The number of unbranched alkanes of at least 4 members (excludes halogenated alkanes) is 2. The van der Waals surface area contributed by atoms with Crippen molar-refractivity contribution in [1.29, 1.82) is 0 Å². The van der Waals surface area contributed by atoms with Gasteiger partial charge in [-0.3, -0.25) is 0 Å². The number of aliphatic hydroxyl groups is 1. The lowest BCUT2D eigenvalue weighted by Gasteiger charge is -2.20. The zero-order chi connectivity index (χ0) is 20.3. The van der Waals surface area contributed by atoms with E-state index in [0.29, 0.717) is 38.8 Å². The summed E-state index contributed by atoms with van der Waals surface area (Å²) in [7, 11) is -3.28. The van der Waals surface area contributed by atoms with E-state index in [1.807, 2.05) is 0 Å². The monoisotopic (exact) mass is 399 g/mol. The third kappa shape index (κ3) is 9.89. The maximum absolute atomic E-state index is 12.0. The molecule has 0 saturated heterocycles. The molecule has 0 heterocycles. The molecular weight excluding hydrogens is 366 g/mol. The van der Waals surface area contributed by atoms with Crippen molar-refractivity contribution in [2.24, 2.45) is 0 Å². The quantitative estimate of drug-likeness (QED) is 0.468. The fourth-order valence-corrected chi connectivity index (χ4v) is 3.92. The minimum atomic E-state index is -3.28. The van der Waals surface area contributed by atoms with Crippen molar-refractivity contribution >= 4 is 16.0 Å². The number of carboxylic acid groups (broad SMARTS) is 1. The van der Waals surface area contributed by atoms with Gasteiger partial charge >= 0.3 is 5.97 Å². The second-order valence-electron chi connectivity index (χ2n) is 7.06. The van der Waals surface area contributed by atoms with Crippen molar-refractivity contribution in [3.8, 4) is 0 Å². The summed E-state index contributed by atoms with van der Waals surface area (Å²) in [6.45, 7) is 2.96. The Labute approximate surface area is 163 Å². The van der Waals surface area contributed by atoms with Crippen LogP contribution < -0.4 is 0 Å². The van der Waals surface area contributed by atoms with Crippen LogP contribution in [0.2, 0.25) is 0 Å². The van der Waals surface area contributed by atoms with Crippen LogP contribution in [0.25, 0.3) is 0 Å². The average Bonchev–Trinajstić information content (AvgIpc) is 2.60. The number of hydrogen-bond donors (Lipinski definition) is 2. The maximum Gasteiger partial charge on any atom is 0.335 e. The van der Waals surface area contributed by atoms with Gasteiger partial charge in [0.2, 0.25) is 10.0 Å². The van der Waals surface area contributed by atoms with Gasteiger partial charge in [-0.1, -0.05) is 38.3 Å². The van der Waals surface area contributed by atoms with Crippen molar-refractivity contribution in [2.45, 2.75) is 64.4 Å². The van der Waals surface area contributed by atoms with Crippen LogP contribution in [0.5, 0.6) is 0 Å². The lowest BCUT2D eigenvalue weighted by Crippen LogP contribution is -2.32. The van der Waals surface area contributed by atoms with Gasteiger partial charge in [0.05, 0.1) is 17.9 Å². The van der Waals surface area contributed by atoms with Crippen molar-refractivity contribution in [1.82, 2.24) is 4.31 Å². The molecule has 1 aromatic rings. The van der Waals surface area contributed by atoms with Crippen LogP contribution in [0.4, 0.5) is 0 Å². The van der Waals surface area contributed by atoms with Crippen LogP contribution in [0, 0.1) is 0 Å². The minimum absolute atomic E-state index is 0.244. The van der Waals surface area contributed by atoms with Crippen LogP contribution in [0.3, 0.4) is 0 Å². The van der Waals surface area contributed by atoms with Crippen LogP contribution in [-0.4, -0.2) is 54.4 Å². The molecule has 0 bridgehead atoms. The van der Waals surface area contributed by atoms with E-state index in [1.54, 1.807) is 24.3 Å². The minimum Gasteiger partial charge on any atom is -0.478 e. The van der Waals surface area contributed by atoms with E-state index in [-0.39, 0.29) is 11.7 Å². The second-order valence-corrected chi connectivity index (χ2v) is 9.04. The molecule has 0 fully saturated rings. The van der Waals surface area contributed by atoms with Crippen molar-refractivity contribution in [3.63, 3.8) is 0 Å². The van der Waals surface area contributed by atoms with Gasteiger partial charge in [-0.15, -0.1) is 0 Å². The summed E-state index contributed by atoms with van der Waals surface area (Å²) in [6.07, 6.45) is 7.49. The predicted molar refractivity (Wildman–Crippen MR) is 108 cm³/mol. The molecule has 2 N–H and O–H groups in total. The molecule has 0 aliphatic carbocycles. The van der Waals surface area contributed by atoms with Gasteiger partial charge in [0.25, 0.3) is 0 Å². The third-order valence-electron chi connectivity index (χ3n) is 4.63. The Bertz CT molecular complexity index is 657. The van der Waals surface area contributed by atoms with Gasteiger partial charge in [-0.2, -0.15) is 0 Å². The van der Waals surface area contributed by atoms with E-state index in [4.69, 9.17) is 5.11 Å². The molecule has 6 nitrogen and oxygen atoms in total. The highest BCUT2D eigenvalue weighted by Gasteiger charge is 2.16. The zero-order valence-electron chi connectivity index (χ0n) is 16.4. The van der Waals surface area contributed by atoms with E-state index in [1.165, 1.54) is 10.6 Å². The maximum atomic E-state index is 12.0. The molecule has 0 radical (unpaired) electrons. The molecule has 1 aromatic carbocycles. The Kier molecular flexibility index (Phi) is 10.6. The Morgan fingerprint density at radius 1 is 1.04 bits per heavy atom. The standard InChI is InChI=1S/C20H33NO5S/c1-3-4-5-9-19(22)10-7-16-21(27(2,25)26)15-6-8-17-11-13-18(14-12-17)20(23)24/h11-14,19,22H,3-10,15-16H2,1-2H3,(H,23,24)/t19-/m0/s1. The Balaban J connectivity index is 2.41. The molecule has 0 aliphatic rings. The molecule has 0 aromatic heterocycles. The Morgan fingerprint density at radius 3 is 2.19 bits per heavy atom. The molecule has 0 amide bonds. The van der Waals surface area contributed by atoms with Crippen molar-refractivity contribution in [3.05, 3.63) is 35.4 Å². The topological polar surface area (TPSA) is 94.9 Å². The first-order valence-corrected chi connectivity index (χ1v) is 11.5. The zero-order valence-corrected chi connectivity index (χ0v) is 17.2. The Morgan fingerprint density at radius 2 is 1.63 bits per heavy atom. The van der Waals surface area contributed by atoms with Crippen molar-refractivity contribution in [2.75, 3.05) is 19.3 Å². The SMILES string of the molecule is CCCCC[C@H](O)CCCN(CCCc1ccc(C(=O)O)cc1)S(C)(=O)=O. The highest BCUT2D eigenvalue weighted by atomic mass is 32.2. The number of hydrogen-bond acceptors (Lipinski definition) is 4. The summed E-state index contributed by atoms with van der Waals surface area (Å²) in [4.78, 5) is 10.9. The van der Waals surface area contributed by atoms with E-state index in [2.05, 4.69) is 6.92 Å². The molecule has 0 saturated carbocycles. The van der Waals surface area contributed by atoms with Gasteiger partial charge in [-0.25, -0.2) is 17.5 Å². The lowest BCUT2D eigenvalue weighted by atomic mass is 10.1. The number of carboxylic acids is 1. The largest absolute Gasteiger partial charge is 0.478 e. The van der Waals surface area contributed by atoms with Gasteiger partial charge in [0, 0.05) is 13.1 Å². The van der Waals surface area contributed by atoms with Gasteiger partial charge in [0.1, 0.15) is 0 Å². The molecular formula is C20H33NO5S. The highest BCUT2D eigenvalue weighted by Crippen LogP contribution is 2.12. The molecule has 0 aliphatic heterocycles. The number of benzene rings is 1. The number of carbonyl (C=O) groups is 1. The van der Waals surface area contributed by atoms with E-state index in [9.17, 15) is 18.3 Å². The number of aryl methyl sites for hydroxylation is 1. The van der Waals surface area contributed by atoms with Crippen LogP contribution in [0.15, 0.2) is 24.3 Å². The molecule has 1 rings (SSSR count). The summed E-state index contributed by atoms with van der Waals surface area (Å²) in [5, 5.41) is 18.9. The molecule has 1 atom stereocenters. The first kappa shape index (κ1) is 23.6. The summed E-state index contributed by atoms with van der Waals surface area (Å²) in [5.74, 6) is -0.957. The first-order chi connectivity index (χ1) is 12.7. The molecule has 154 valence electrons. The smallest absolute Gasteiger partial charge is 0.335 e. The molecule has 0 spiro atoms. The molecule has 7 heteroatoms. The van der Waals surface area contributed by atoms with E-state index < -0.39 is 16.0 Å². The molecule has 0 unspecified atom stereocenters. The number of sulfonamides is 1. The Hall–Kier alpha value is -1.44. The summed E-state index contributed by atoms with van der Waals surface area (Å²) >= 11 is 0. The van der Waals surface area contributed by atoms with Crippen LogP contribution in [0.1, 0.15) is 67.8 Å². The number of aromatic carboxylic acids is 1. The predicted octanol–water partition coefficient (Wildman–Crippen LogP) is 3.30. The fraction of sp³-hybridized carbons (Fsp3) is 0.650. The first-order valence-electron chi connectivity index (χ1n) is 9.69. The van der Waals surface area contributed by atoms with Crippen LogP contribution in [-0.2, 0) is 16.4 Å². The fourth-order valence-electron chi connectivity index (χ4n) is 2.99. The second kappa shape index (κ2) is 12.1. The molecule has 27 heavy (non-hydrogen) atoms. The van der Waals surface area contributed by atoms with Gasteiger partial charge in [0.15, 0.2) is 0 Å². The number of aliphatic hydroxyl groups excluding tert-OH is 1. The van der Waals surface area contributed by atoms with Gasteiger partial charge in [-0.05, 0) is 49.8 Å². The van der Waals surface area contributed by atoms with E-state index >= 15 is 0 Å². The van der Waals surface area contributed by atoms with Crippen LogP contribution >= 0.6 is 0 Å². The van der Waals surface area contributed by atoms with Gasteiger partial charge < -0.3 is 10.2 Å². The highest BCUT2D eigenvalue weighted by molar-refractivity contribution is 7.88. The average molecular weight is 400 g/mol. The van der Waals surface area contributed by atoms with Crippen molar-refractivity contribution < 1.29 is 23.4 Å². The summed E-state index contributed by atoms with van der Waals surface area (Å²) in [6, 6.07) is 6.65. The number of rotatable bonds is 14. The normalized spacial score (nSPS) is 13.0. The summed E-state index contributed by atoms with van der Waals surface area (Å²) in [5.41, 5.74) is 1.23.